The van der Waals surface area contributed by atoms with Gasteiger partial charge in [-0.2, -0.15) is 0 Å². The zero-order valence-electron chi connectivity index (χ0n) is 17.4. The van der Waals surface area contributed by atoms with E-state index in [9.17, 15) is 4.79 Å². The molecule has 1 amide bonds. The molecule has 0 saturated carbocycles. The Bertz CT molecular complexity index is 940. The van der Waals surface area contributed by atoms with Gasteiger partial charge in [0.1, 0.15) is 0 Å². The van der Waals surface area contributed by atoms with Gasteiger partial charge in [-0.3, -0.25) is 4.79 Å². The summed E-state index contributed by atoms with van der Waals surface area (Å²) < 4.78 is 7.68. The predicted octanol–water partition coefficient (Wildman–Crippen LogP) is 3.51. The fourth-order valence-corrected chi connectivity index (χ4v) is 3.31. The minimum atomic E-state index is -0.208. The third-order valence-corrected chi connectivity index (χ3v) is 4.92. The molecule has 0 fully saturated rings. The van der Waals surface area contributed by atoms with Gasteiger partial charge in [-0.25, -0.2) is 0 Å². The highest BCUT2D eigenvalue weighted by atomic mass is 35.5. The van der Waals surface area contributed by atoms with E-state index in [1.807, 2.05) is 47.6 Å². The average Bonchev–Trinajstić information content (AvgIpc) is 3.07. The van der Waals surface area contributed by atoms with Gasteiger partial charge in [0.15, 0.2) is 5.82 Å². The number of carbonyl (C=O) groups is 1. The zero-order chi connectivity index (χ0) is 21.0. The molecule has 1 aromatic heterocycles. The molecule has 29 heavy (non-hydrogen) atoms. The van der Waals surface area contributed by atoms with Crippen molar-refractivity contribution in [3.63, 3.8) is 0 Å². The summed E-state index contributed by atoms with van der Waals surface area (Å²) >= 11 is 6.00. The van der Waals surface area contributed by atoms with Crippen LogP contribution < -0.4 is 0 Å². The molecule has 1 aliphatic rings. The number of benzene rings is 1. The Kier molecular flexibility index (Phi) is 6.61. The SMILES string of the molecule is CC(C)OCC(C)(C)CC(=O)N1CCn2c(C#Cc3cccc(Cl)c3)nnc2C1. The van der Waals surface area contributed by atoms with Crippen LogP contribution in [0.3, 0.4) is 0 Å². The number of hydrogen-bond donors (Lipinski definition) is 0. The first-order valence-electron chi connectivity index (χ1n) is 9.82. The van der Waals surface area contributed by atoms with Crippen molar-refractivity contribution in [1.29, 1.82) is 0 Å². The Labute approximate surface area is 177 Å². The van der Waals surface area contributed by atoms with Crippen molar-refractivity contribution in [3.05, 3.63) is 46.5 Å². The van der Waals surface area contributed by atoms with Gasteiger partial charge >= 0.3 is 0 Å². The maximum atomic E-state index is 12.8. The number of aromatic nitrogens is 3. The van der Waals surface area contributed by atoms with Crippen LogP contribution in [0.2, 0.25) is 5.02 Å². The van der Waals surface area contributed by atoms with Gasteiger partial charge in [0, 0.05) is 30.1 Å². The van der Waals surface area contributed by atoms with Crippen molar-refractivity contribution in [2.24, 2.45) is 5.41 Å². The molecule has 2 heterocycles. The first-order chi connectivity index (χ1) is 13.7. The molecule has 0 radical (unpaired) electrons. The fourth-order valence-electron chi connectivity index (χ4n) is 3.12. The van der Waals surface area contributed by atoms with Crippen LogP contribution >= 0.6 is 11.6 Å². The Morgan fingerprint density at radius 1 is 1.28 bits per heavy atom. The molecule has 0 N–H and O–H groups in total. The minimum Gasteiger partial charge on any atom is -0.378 e. The van der Waals surface area contributed by atoms with Crippen molar-refractivity contribution in [2.45, 2.75) is 53.3 Å². The van der Waals surface area contributed by atoms with Gasteiger partial charge in [-0.05, 0) is 43.4 Å². The Morgan fingerprint density at radius 2 is 2.07 bits per heavy atom. The second-order valence-corrected chi connectivity index (χ2v) is 8.80. The number of amides is 1. The molecule has 6 nitrogen and oxygen atoms in total. The molecule has 3 rings (SSSR count). The molecule has 0 saturated heterocycles. The Hall–Kier alpha value is -2.36. The molecule has 1 aliphatic heterocycles. The van der Waals surface area contributed by atoms with Gasteiger partial charge in [0.05, 0.1) is 19.3 Å². The minimum absolute atomic E-state index is 0.114. The van der Waals surface area contributed by atoms with E-state index in [2.05, 4.69) is 35.9 Å². The van der Waals surface area contributed by atoms with Crippen LogP contribution in [-0.2, 0) is 22.6 Å². The number of fused-ring (bicyclic) bond motifs is 1. The number of halogens is 1. The first-order valence-corrected chi connectivity index (χ1v) is 10.2. The van der Waals surface area contributed by atoms with E-state index in [1.165, 1.54) is 0 Å². The molecule has 1 aromatic carbocycles. The molecule has 0 atom stereocenters. The largest absolute Gasteiger partial charge is 0.378 e. The lowest BCUT2D eigenvalue weighted by Crippen LogP contribution is -2.41. The van der Waals surface area contributed by atoms with E-state index in [0.29, 0.717) is 43.5 Å². The number of nitrogens with zero attached hydrogens (tertiary/aromatic N) is 4. The maximum absolute atomic E-state index is 12.8. The van der Waals surface area contributed by atoms with E-state index in [-0.39, 0.29) is 17.4 Å². The van der Waals surface area contributed by atoms with Crippen molar-refractivity contribution in [3.8, 4) is 11.8 Å². The second-order valence-electron chi connectivity index (χ2n) is 8.37. The first kappa shape index (κ1) is 21.4. The lowest BCUT2D eigenvalue weighted by Gasteiger charge is -2.31. The lowest BCUT2D eigenvalue weighted by atomic mass is 9.89. The molecular weight excluding hydrogens is 388 g/mol. The van der Waals surface area contributed by atoms with Crippen LogP contribution in [0.4, 0.5) is 0 Å². The summed E-state index contributed by atoms with van der Waals surface area (Å²) in [5.74, 6) is 7.62. The normalized spacial score (nSPS) is 13.8. The molecule has 7 heteroatoms. The molecule has 0 aliphatic carbocycles. The molecule has 0 spiro atoms. The smallest absolute Gasteiger partial charge is 0.223 e. The third kappa shape index (κ3) is 5.81. The second kappa shape index (κ2) is 8.98. The topological polar surface area (TPSA) is 60.2 Å². The summed E-state index contributed by atoms with van der Waals surface area (Å²) in [4.78, 5) is 14.6. The van der Waals surface area contributed by atoms with Gasteiger partial charge in [0.2, 0.25) is 11.7 Å². The van der Waals surface area contributed by atoms with Gasteiger partial charge in [-0.1, -0.05) is 37.4 Å². The van der Waals surface area contributed by atoms with Crippen molar-refractivity contribution >= 4 is 17.5 Å². The number of rotatable bonds is 5. The predicted molar refractivity (Wildman–Crippen MR) is 112 cm³/mol. The highest BCUT2D eigenvalue weighted by molar-refractivity contribution is 6.30. The van der Waals surface area contributed by atoms with Gasteiger partial charge < -0.3 is 14.2 Å². The molecule has 0 unspecified atom stereocenters. The Balaban J connectivity index is 1.65. The summed E-state index contributed by atoms with van der Waals surface area (Å²) in [6, 6.07) is 7.39. The van der Waals surface area contributed by atoms with E-state index in [1.54, 1.807) is 0 Å². The summed E-state index contributed by atoms with van der Waals surface area (Å²) in [7, 11) is 0. The number of ether oxygens (including phenoxy) is 1. The molecule has 2 aromatic rings. The summed E-state index contributed by atoms with van der Waals surface area (Å²) in [5.41, 5.74) is 0.619. The summed E-state index contributed by atoms with van der Waals surface area (Å²) in [6.07, 6.45) is 0.597. The fraction of sp³-hybridized carbons (Fsp3) is 0.500. The standard InChI is InChI=1S/C22H27ClN4O2/c1-16(2)29-15-22(3,4)13-21(28)26-10-11-27-19(24-25-20(27)14-26)9-8-17-6-5-7-18(23)12-17/h5-7,12,16H,10-11,13-15H2,1-4H3. The van der Waals surface area contributed by atoms with E-state index in [4.69, 9.17) is 16.3 Å². The Morgan fingerprint density at radius 3 is 2.79 bits per heavy atom. The highest BCUT2D eigenvalue weighted by Crippen LogP contribution is 2.24. The van der Waals surface area contributed by atoms with E-state index < -0.39 is 0 Å². The molecule has 154 valence electrons. The number of carbonyl (C=O) groups excluding carboxylic acids is 1. The third-order valence-electron chi connectivity index (χ3n) is 4.69. The quantitative estimate of drug-likeness (QED) is 0.702. The van der Waals surface area contributed by atoms with E-state index >= 15 is 0 Å². The van der Waals surface area contributed by atoms with Crippen molar-refractivity contribution in [2.75, 3.05) is 13.2 Å². The average molecular weight is 415 g/mol. The van der Waals surface area contributed by atoms with Crippen molar-refractivity contribution < 1.29 is 9.53 Å². The maximum Gasteiger partial charge on any atom is 0.223 e. The van der Waals surface area contributed by atoms with E-state index in [0.717, 1.165) is 11.4 Å². The van der Waals surface area contributed by atoms with Crippen LogP contribution in [0.15, 0.2) is 24.3 Å². The summed E-state index contributed by atoms with van der Waals surface area (Å²) in [5, 5.41) is 9.09. The lowest BCUT2D eigenvalue weighted by molar-refractivity contribution is -0.136. The summed E-state index contributed by atoms with van der Waals surface area (Å²) in [6.45, 7) is 10.4. The van der Waals surface area contributed by atoms with Crippen molar-refractivity contribution in [1.82, 2.24) is 19.7 Å². The molecular formula is C22H27ClN4O2. The van der Waals surface area contributed by atoms with Crippen LogP contribution in [0.25, 0.3) is 0 Å². The van der Waals surface area contributed by atoms with Crippen LogP contribution in [0, 0.1) is 17.3 Å². The van der Waals surface area contributed by atoms with Gasteiger partial charge in [-0.15, -0.1) is 10.2 Å². The highest BCUT2D eigenvalue weighted by Gasteiger charge is 2.29. The van der Waals surface area contributed by atoms with Crippen LogP contribution in [-0.4, -0.2) is 44.8 Å². The zero-order valence-corrected chi connectivity index (χ0v) is 18.2. The van der Waals surface area contributed by atoms with Crippen LogP contribution in [0.5, 0.6) is 0 Å². The van der Waals surface area contributed by atoms with Crippen LogP contribution in [0.1, 0.15) is 51.3 Å². The monoisotopic (exact) mass is 414 g/mol. The van der Waals surface area contributed by atoms with Gasteiger partial charge in [0.25, 0.3) is 0 Å². The number of hydrogen-bond acceptors (Lipinski definition) is 4. The molecule has 0 bridgehead atoms.